The lowest BCUT2D eigenvalue weighted by Gasteiger charge is -2.33. The highest BCUT2D eigenvalue weighted by molar-refractivity contribution is 7.91. The number of amides is 2. The van der Waals surface area contributed by atoms with Gasteiger partial charge >= 0.3 is 0 Å². The molecule has 2 amide bonds. The molecule has 0 spiro atoms. The monoisotopic (exact) mass is 490 g/mol. The molecule has 3 heterocycles. The van der Waals surface area contributed by atoms with Crippen LogP contribution in [0, 0.1) is 11.3 Å². The summed E-state index contributed by atoms with van der Waals surface area (Å²) in [5.41, 5.74) is 1.60. The molecule has 2 aromatic rings. The minimum atomic E-state index is -3.11. The van der Waals surface area contributed by atoms with Gasteiger partial charge in [0.1, 0.15) is 10.8 Å². The van der Waals surface area contributed by atoms with Crippen LogP contribution < -0.4 is 10.6 Å². The van der Waals surface area contributed by atoms with Crippen molar-refractivity contribution >= 4 is 44.1 Å². The van der Waals surface area contributed by atoms with Gasteiger partial charge in [-0.25, -0.2) is 8.42 Å². The maximum atomic E-state index is 13.3. The largest absolute Gasteiger partial charge is 0.465 e. The standard InChI is InChI=1S/C24H30N2O5S2/c1-24(2,3)15-6-8-18-19(13-15)32-23(26-20(27)9-7-17-5-4-11-31-17)21(18)22(28)25-16-10-12-33(29,30)14-16/h4-5,7,9,11,15-16H,6,8,10,12-14H2,1-3H3,(H,25,28)(H,26,27)/b9-7+/t15-,16-/m1/s1. The molecule has 7 nitrogen and oxygen atoms in total. The van der Waals surface area contributed by atoms with Gasteiger partial charge in [0.2, 0.25) is 5.91 Å². The molecule has 2 aromatic heterocycles. The maximum Gasteiger partial charge on any atom is 0.254 e. The second-order valence-electron chi connectivity index (χ2n) is 9.93. The summed E-state index contributed by atoms with van der Waals surface area (Å²) in [5.74, 6) is 0.439. The molecular formula is C24H30N2O5S2. The first-order valence-electron chi connectivity index (χ1n) is 11.2. The molecule has 1 saturated heterocycles. The lowest BCUT2D eigenvalue weighted by Crippen LogP contribution is -2.36. The Bertz CT molecular complexity index is 1170. The summed E-state index contributed by atoms with van der Waals surface area (Å²) < 4.78 is 28.9. The highest BCUT2D eigenvalue weighted by atomic mass is 32.2. The Morgan fingerprint density at radius 2 is 2.03 bits per heavy atom. The van der Waals surface area contributed by atoms with E-state index >= 15 is 0 Å². The van der Waals surface area contributed by atoms with Gasteiger partial charge in [-0.15, -0.1) is 11.3 Å². The van der Waals surface area contributed by atoms with Crippen molar-refractivity contribution in [2.75, 3.05) is 16.8 Å². The Kier molecular flexibility index (Phi) is 6.55. The molecule has 0 radical (unpaired) electrons. The van der Waals surface area contributed by atoms with E-state index in [-0.39, 0.29) is 28.7 Å². The normalized spacial score (nSPS) is 22.3. The summed E-state index contributed by atoms with van der Waals surface area (Å²) in [6.45, 7) is 6.69. The van der Waals surface area contributed by atoms with Gasteiger partial charge in [-0.2, -0.15) is 0 Å². The summed E-state index contributed by atoms with van der Waals surface area (Å²) in [4.78, 5) is 27.0. The molecule has 9 heteroatoms. The molecule has 33 heavy (non-hydrogen) atoms. The second-order valence-corrected chi connectivity index (χ2v) is 13.3. The van der Waals surface area contributed by atoms with Crippen molar-refractivity contribution in [3.63, 3.8) is 0 Å². The third-order valence-electron chi connectivity index (χ3n) is 6.46. The van der Waals surface area contributed by atoms with Crippen LogP contribution in [0.5, 0.6) is 0 Å². The fourth-order valence-corrected chi connectivity index (χ4v) is 7.52. The van der Waals surface area contributed by atoms with Gasteiger partial charge in [0.25, 0.3) is 5.91 Å². The number of furan rings is 1. The van der Waals surface area contributed by atoms with Crippen molar-refractivity contribution in [1.29, 1.82) is 0 Å². The number of fused-ring (bicyclic) bond motifs is 1. The molecule has 1 fully saturated rings. The van der Waals surface area contributed by atoms with Gasteiger partial charge in [0, 0.05) is 17.0 Å². The molecular weight excluding hydrogens is 460 g/mol. The molecule has 2 N–H and O–H groups in total. The zero-order valence-corrected chi connectivity index (χ0v) is 20.8. The van der Waals surface area contributed by atoms with E-state index in [1.54, 1.807) is 18.2 Å². The molecule has 178 valence electrons. The first-order chi connectivity index (χ1) is 15.5. The van der Waals surface area contributed by atoms with Crippen LogP contribution in [-0.4, -0.2) is 37.8 Å². The van der Waals surface area contributed by atoms with Gasteiger partial charge < -0.3 is 15.1 Å². The summed E-state index contributed by atoms with van der Waals surface area (Å²) >= 11 is 1.45. The lowest BCUT2D eigenvalue weighted by molar-refractivity contribution is -0.111. The average molecular weight is 491 g/mol. The number of sulfone groups is 1. The first-order valence-corrected chi connectivity index (χ1v) is 13.8. The van der Waals surface area contributed by atoms with E-state index in [2.05, 4.69) is 31.4 Å². The smallest absolute Gasteiger partial charge is 0.254 e. The first kappa shape index (κ1) is 23.8. The zero-order chi connectivity index (χ0) is 23.8. The van der Waals surface area contributed by atoms with Gasteiger partial charge in [-0.05, 0) is 60.8 Å². The Morgan fingerprint density at radius 1 is 1.24 bits per heavy atom. The molecule has 0 bridgehead atoms. The summed E-state index contributed by atoms with van der Waals surface area (Å²) in [7, 11) is -3.11. The van der Waals surface area contributed by atoms with Crippen molar-refractivity contribution in [2.45, 2.75) is 52.5 Å². The quantitative estimate of drug-likeness (QED) is 0.615. The number of rotatable bonds is 5. The summed E-state index contributed by atoms with van der Waals surface area (Å²) in [6, 6.07) is 3.09. The SMILES string of the molecule is CC(C)(C)[C@@H]1CCc2c(sc(NC(=O)/C=C/c3ccco3)c2C(=O)N[C@@H]2CCS(=O)(=O)C2)C1. The van der Waals surface area contributed by atoms with Crippen molar-refractivity contribution < 1.29 is 22.4 Å². The second kappa shape index (κ2) is 9.10. The third-order valence-corrected chi connectivity index (χ3v) is 9.40. The third kappa shape index (κ3) is 5.58. The number of nitrogens with one attached hydrogen (secondary N) is 2. The minimum Gasteiger partial charge on any atom is -0.465 e. The van der Waals surface area contributed by atoms with Gasteiger partial charge in [-0.1, -0.05) is 20.8 Å². The van der Waals surface area contributed by atoms with Gasteiger partial charge in [0.15, 0.2) is 9.84 Å². The van der Waals surface area contributed by atoms with Crippen molar-refractivity contribution in [3.05, 3.63) is 46.2 Å². The van der Waals surface area contributed by atoms with Crippen molar-refractivity contribution in [1.82, 2.24) is 5.32 Å². The highest BCUT2D eigenvalue weighted by Crippen LogP contribution is 2.44. The average Bonchev–Trinajstić information content (AvgIpc) is 3.43. The van der Waals surface area contributed by atoms with E-state index in [1.165, 1.54) is 23.7 Å². The van der Waals surface area contributed by atoms with Crippen LogP contribution in [0.1, 0.15) is 60.2 Å². The molecule has 1 aliphatic carbocycles. The Morgan fingerprint density at radius 3 is 2.67 bits per heavy atom. The summed E-state index contributed by atoms with van der Waals surface area (Å²) in [5, 5.41) is 6.29. The van der Waals surface area contributed by atoms with Crippen molar-refractivity contribution in [3.8, 4) is 0 Å². The van der Waals surface area contributed by atoms with Crippen LogP contribution in [0.15, 0.2) is 28.9 Å². The van der Waals surface area contributed by atoms with E-state index in [9.17, 15) is 18.0 Å². The number of anilines is 1. The van der Waals surface area contributed by atoms with E-state index in [0.717, 1.165) is 29.7 Å². The van der Waals surface area contributed by atoms with E-state index in [1.807, 2.05) is 0 Å². The topological polar surface area (TPSA) is 105 Å². The van der Waals surface area contributed by atoms with Crippen LogP contribution in [0.3, 0.4) is 0 Å². The predicted octanol–water partition coefficient (Wildman–Crippen LogP) is 4.06. The molecule has 0 aromatic carbocycles. The zero-order valence-electron chi connectivity index (χ0n) is 19.1. The van der Waals surface area contributed by atoms with Crippen LogP contribution >= 0.6 is 11.3 Å². The molecule has 0 unspecified atom stereocenters. The molecule has 4 rings (SSSR count). The van der Waals surface area contributed by atoms with Gasteiger partial charge in [0.05, 0.1) is 23.3 Å². The van der Waals surface area contributed by atoms with Crippen LogP contribution in [-0.2, 0) is 27.5 Å². The van der Waals surface area contributed by atoms with Gasteiger partial charge in [-0.3, -0.25) is 9.59 Å². The van der Waals surface area contributed by atoms with E-state index in [4.69, 9.17) is 4.42 Å². The Hall–Kier alpha value is -2.39. The molecule has 2 atom stereocenters. The van der Waals surface area contributed by atoms with Crippen LogP contribution in [0.25, 0.3) is 6.08 Å². The number of thiophene rings is 1. The maximum absolute atomic E-state index is 13.3. The van der Waals surface area contributed by atoms with E-state index < -0.39 is 15.9 Å². The molecule has 1 aliphatic heterocycles. The Balaban J connectivity index is 1.59. The minimum absolute atomic E-state index is 0.0370. The van der Waals surface area contributed by atoms with Crippen LogP contribution in [0.4, 0.5) is 5.00 Å². The fourth-order valence-electron chi connectivity index (χ4n) is 4.52. The number of hydrogen-bond acceptors (Lipinski definition) is 6. The molecule has 2 aliphatic rings. The number of carbonyl (C=O) groups is 2. The Labute approximate surface area is 198 Å². The summed E-state index contributed by atoms with van der Waals surface area (Å²) in [6.07, 6.45) is 7.49. The van der Waals surface area contributed by atoms with E-state index in [0.29, 0.717) is 28.7 Å². The lowest BCUT2D eigenvalue weighted by atomic mass is 9.72. The van der Waals surface area contributed by atoms with Crippen molar-refractivity contribution in [2.24, 2.45) is 11.3 Å². The highest BCUT2D eigenvalue weighted by Gasteiger charge is 2.35. The fraction of sp³-hybridized carbons (Fsp3) is 0.500. The number of carbonyl (C=O) groups excluding carboxylic acids is 2. The van der Waals surface area contributed by atoms with Crippen LogP contribution in [0.2, 0.25) is 0 Å². The molecule has 0 saturated carbocycles. The predicted molar refractivity (Wildman–Crippen MR) is 130 cm³/mol. The number of hydrogen-bond donors (Lipinski definition) is 2.